The number of nitrogens with one attached hydrogen (secondary N) is 1. The number of anilines is 1. The van der Waals surface area contributed by atoms with Crippen LogP contribution in [-0.4, -0.2) is 29.9 Å². The van der Waals surface area contributed by atoms with Gasteiger partial charge in [-0.05, 0) is 51.3 Å². The molecule has 27 heavy (non-hydrogen) atoms. The largest absolute Gasteiger partial charge is 0.324 e. The molecule has 1 rings (SSSR count). The number of rotatable bonds is 11. The van der Waals surface area contributed by atoms with E-state index >= 15 is 0 Å². The number of carbonyl (C=O) groups is 1. The first kappa shape index (κ1) is 25.6. The molecule has 156 valence electrons. The number of carbonyl (C=O) groups excluding carboxylic acids is 1. The Bertz CT molecular complexity index is 507. The van der Waals surface area contributed by atoms with Crippen molar-refractivity contribution in [3.63, 3.8) is 0 Å². The highest BCUT2D eigenvalue weighted by molar-refractivity contribution is 5.96. The molecule has 0 radical (unpaired) electrons. The Balaban J connectivity index is 0.00000326. The fourth-order valence-electron chi connectivity index (χ4n) is 3.59. The van der Waals surface area contributed by atoms with E-state index in [2.05, 4.69) is 64.0 Å². The summed E-state index contributed by atoms with van der Waals surface area (Å²) in [7, 11) is 2.14. The molecule has 3 heteroatoms. The second-order valence-corrected chi connectivity index (χ2v) is 7.31. The van der Waals surface area contributed by atoms with Crippen molar-refractivity contribution in [3.8, 4) is 0 Å². The molecule has 0 saturated heterocycles. The Morgan fingerprint density at radius 2 is 1.52 bits per heavy atom. The maximum Gasteiger partial charge on any atom is 0.241 e. The third-order valence-corrected chi connectivity index (χ3v) is 5.17. The SMILES string of the molecule is CC.CCCCC(CCC)N(C)C(CCC)C(=O)Nc1c(C)cccc1C. The van der Waals surface area contributed by atoms with E-state index in [0.29, 0.717) is 6.04 Å². The second-order valence-electron chi connectivity index (χ2n) is 7.31. The fourth-order valence-corrected chi connectivity index (χ4v) is 3.59. The molecular formula is C24H44N2O. The van der Waals surface area contributed by atoms with Crippen LogP contribution >= 0.6 is 0 Å². The van der Waals surface area contributed by atoms with Crippen molar-refractivity contribution in [2.45, 2.75) is 105 Å². The molecule has 1 aromatic carbocycles. The molecule has 0 aliphatic rings. The number of aryl methyl sites for hydroxylation is 2. The zero-order valence-electron chi connectivity index (χ0n) is 19.2. The minimum atomic E-state index is -0.0580. The van der Waals surface area contributed by atoms with Crippen LogP contribution < -0.4 is 5.32 Å². The van der Waals surface area contributed by atoms with Crippen molar-refractivity contribution in [2.24, 2.45) is 0 Å². The van der Waals surface area contributed by atoms with Gasteiger partial charge in [0.05, 0.1) is 6.04 Å². The Labute approximate surface area is 168 Å². The Hall–Kier alpha value is -1.35. The van der Waals surface area contributed by atoms with Gasteiger partial charge in [-0.25, -0.2) is 0 Å². The summed E-state index contributed by atoms with van der Waals surface area (Å²) in [6.45, 7) is 14.7. The average Bonchev–Trinajstić information content (AvgIpc) is 2.67. The Morgan fingerprint density at radius 1 is 0.963 bits per heavy atom. The Morgan fingerprint density at radius 3 is 2.00 bits per heavy atom. The van der Waals surface area contributed by atoms with Crippen molar-refractivity contribution in [1.82, 2.24) is 4.90 Å². The van der Waals surface area contributed by atoms with E-state index in [9.17, 15) is 4.79 Å². The predicted octanol–water partition coefficient (Wildman–Crippen LogP) is 6.73. The van der Waals surface area contributed by atoms with Gasteiger partial charge in [0.1, 0.15) is 0 Å². The van der Waals surface area contributed by atoms with E-state index in [-0.39, 0.29) is 11.9 Å². The molecule has 0 aromatic heterocycles. The standard InChI is InChI=1S/C22H38N2O.C2H6/c1-7-10-16-19(12-8-2)24(6)20(13-9-3)22(25)23-21-17(4)14-11-15-18(21)5;1-2/h11,14-15,19-20H,7-10,12-13,16H2,1-6H3,(H,23,25);1-2H3. The van der Waals surface area contributed by atoms with Gasteiger partial charge in [-0.2, -0.15) is 0 Å². The minimum absolute atomic E-state index is 0.0580. The van der Waals surface area contributed by atoms with Crippen LogP contribution in [0.15, 0.2) is 18.2 Å². The third-order valence-electron chi connectivity index (χ3n) is 5.17. The van der Waals surface area contributed by atoms with Crippen LogP contribution in [0.25, 0.3) is 0 Å². The van der Waals surface area contributed by atoms with Crippen molar-refractivity contribution in [3.05, 3.63) is 29.3 Å². The summed E-state index contributed by atoms with van der Waals surface area (Å²) in [5.74, 6) is 0.138. The monoisotopic (exact) mass is 376 g/mol. The van der Waals surface area contributed by atoms with Crippen molar-refractivity contribution < 1.29 is 4.79 Å². The van der Waals surface area contributed by atoms with E-state index in [1.807, 2.05) is 19.9 Å². The summed E-state index contributed by atoms with van der Waals surface area (Å²) < 4.78 is 0. The topological polar surface area (TPSA) is 32.3 Å². The number of para-hydroxylation sites is 1. The fraction of sp³-hybridized carbons (Fsp3) is 0.708. The molecule has 0 aliphatic carbocycles. The van der Waals surface area contributed by atoms with Gasteiger partial charge in [-0.15, -0.1) is 0 Å². The zero-order valence-corrected chi connectivity index (χ0v) is 19.2. The van der Waals surface area contributed by atoms with Gasteiger partial charge in [-0.1, -0.05) is 78.5 Å². The molecule has 0 saturated carbocycles. The number of benzene rings is 1. The lowest BCUT2D eigenvalue weighted by Crippen LogP contribution is -2.47. The summed E-state index contributed by atoms with van der Waals surface area (Å²) in [5, 5.41) is 3.22. The van der Waals surface area contributed by atoms with E-state index in [0.717, 1.165) is 42.5 Å². The number of likely N-dealkylation sites (N-methyl/N-ethyl adjacent to an activating group) is 1. The van der Waals surface area contributed by atoms with Gasteiger partial charge >= 0.3 is 0 Å². The maximum atomic E-state index is 13.1. The molecule has 1 N–H and O–H groups in total. The van der Waals surface area contributed by atoms with Gasteiger partial charge < -0.3 is 5.32 Å². The zero-order chi connectivity index (χ0) is 20.8. The van der Waals surface area contributed by atoms with Crippen LogP contribution in [0.2, 0.25) is 0 Å². The van der Waals surface area contributed by atoms with Crippen molar-refractivity contribution in [1.29, 1.82) is 0 Å². The normalized spacial score (nSPS) is 12.9. The van der Waals surface area contributed by atoms with E-state index < -0.39 is 0 Å². The lowest BCUT2D eigenvalue weighted by atomic mass is 9.99. The Kier molecular flexibility index (Phi) is 13.9. The molecule has 0 heterocycles. The highest BCUT2D eigenvalue weighted by Gasteiger charge is 2.27. The smallest absolute Gasteiger partial charge is 0.241 e. The van der Waals surface area contributed by atoms with Crippen molar-refractivity contribution >= 4 is 11.6 Å². The molecule has 0 fully saturated rings. The third kappa shape index (κ3) is 8.47. The quantitative estimate of drug-likeness (QED) is 0.464. The number of nitrogens with zero attached hydrogens (tertiary/aromatic N) is 1. The van der Waals surface area contributed by atoms with Crippen LogP contribution in [0.5, 0.6) is 0 Å². The molecule has 2 unspecified atom stereocenters. The van der Waals surface area contributed by atoms with Gasteiger partial charge in [0.25, 0.3) is 0 Å². The van der Waals surface area contributed by atoms with Crippen LogP contribution in [0, 0.1) is 13.8 Å². The van der Waals surface area contributed by atoms with Gasteiger partial charge in [0.2, 0.25) is 5.91 Å². The first-order valence-electron chi connectivity index (χ1n) is 11.0. The first-order chi connectivity index (χ1) is 13.0. The average molecular weight is 377 g/mol. The van der Waals surface area contributed by atoms with Crippen LogP contribution in [0.1, 0.15) is 90.7 Å². The molecule has 0 bridgehead atoms. The van der Waals surface area contributed by atoms with Crippen molar-refractivity contribution in [2.75, 3.05) is 12.4 Å². The molecule has 1 aromatic rings. The second kappa shape index (κ2) is 14.7. The van der Waals surface area contributed by atoms with E-state index in [1.165, 1.54) is 19.3 Å². The molecule has 1 amide bonds. The summed E-state index contributed by atoms with van der Waals surface area (Å²) >= 11 is 0. The van der Waals surface area contributed by atoms with Crippen LogP contribution in [0.3, 0.4) is 0 Å². The molecule has 0 spiro atoms. The molecular weight excluding hydrogens is 332 g/mol. The number of amides is 1. The summed E-state index contributed by atoms with van der Waals surface area (Å²) in [4.78, 5) is 15.4. The molecule has 2 atom stereocenters. The lowest BCUT2D eigenvalue weighted by molar-refractivity contribution is -0.122. The van der Waals surface area contributed by atoms with Gasteiger partial charge in [-0.3, -0.25) is 9.69 Å². The van der Waals surface area contributed by atoms with Gasteiger partial charge in [0.15, 0.2) is 0 Å². The summed E-state index contributed by atoms with van der Waals surface area (Å²) in [5.41, 5.74) is 3.23. The number of hydrogen-bond acceptors (Lipinski definition) is 2. The predicted molar refractivity (Wildman–Crippen MR) is 121 cm³/mol. The van der Waals surface area contributed by atoms with Crippen LogP contribution in [0.4, 0.5) is 5.69 Å². The highest BCUT2D eigenvalue weighted by Crippen LogP contribution is 2.23. The number of hydrogen-bond donors (Lipinski definition) is 1. The maximum absolute atomic E-state index is 13.1. The molecule has 0 aliphatic heterocycles. The van der Waals surface area contributed by atoms with E-state index in [1.54, 1.807) is 0 Å². The first-order valence-corrected chi connectivity index (χ1v) is 11.0. The highest BCUT2D eigenvalue weighted by atomic mass is 16.2. The minimum Gasteiger partial charge on any atom is -0.324 e. The van der Waals surface area contributed by atoms with Gasteiger partial charge in [0, 0.05) is 11.7 Å². The summed E-state index contributed by atoms with van der Waals surface area (Å²) in [6.07, 6.45) is 7.86. The lowest BCUT2D eigenvalue weighted by Gasteiger charge is -2.34. The number of unbranched alkanes of at least 4 members (excludes halogenated alkanes) is 1. The molecule has 3 nitrogen and oxygen atoms in total. The summed E-state index contributed by atoms with van der Waals surface area (Å²) in [6, 6.07) is 6.59. The van der Waals surface area contributed by atoms with Crippen LogP contribution in [-0.2, 0) is 4.79 Å². The van der Waals surface area contributed by atoms with E-state index in [4.69, 9.17) is 0 Å².